The number of halogens is 1. The lowest BCUT2D eigenvalue weighted by molar-refractivity contribution is -0.120. The van der Waals surface area contributed by atoms with Crippen molar-refractivity contribution in [3.63, 3.8) is 0 Å². The second kappa shape index (κ2) is 13.6. The Hall–Kier alpha value is -4.90. The summed E-state index contributed by atoms with van der Waals surface area (Å²) in [5.41, 5.74) is 4.30. The number of fused-ring (bicyclic) bond motifs is 2. The van der Waals surface area contributed by atoms with E-state index in [1.165, 1.54) is 31.2 Å². The number of carbonyl (C=O) groups excluding carboxylic acids is 1. The van der Waals surface area contributed by atoms with E-state index in [-0.39, 0.29) is 19.0 Å². The third kappa shape index (κ3) is 7.00. The Morgan fingerprint density at radius 2 is 1.89 bits per heavy atom. The van der Waals surface area contributed by atoms with Gasteiger partial charge in [0.05, 0.1) is 31.9 Å². The molecule has 1 saturated heterocycles. The van der Waals surface area contributed by atoms with Gasteiger partial charge in [0.2, 0.25) is 12.7 Å². The van der Waals surface area contributed by atoms with Crippen LogP contribution in [0.15, 0.2) is 65.9 Å². The Kier molecular flexibility index (Phi) is 9.02. The summed E-state index contributed by atoms with van der Waals surface area (Å²) < 4.78 is 43.3. The van der Waals surface area contributed by atoms with E-state index in [1.54, 1.807) is 49.7 Å². The number of rotatable bonds is 12. The number of ether oxygens (including phenoxy) is 5. The summed E-state index contributed by atoms with van der Waals surface area (Å²) in [6, 6.07) is 15.0. The molecule has 0 unspecified atom stereocenters. The molecule has 0 radical (unpaired) electrons. The predicted molar refractivity (Wildman–Crippen MR) is 163 cm³/mol. The largest absolute Gasteiger partial charge is 0.493 e. The number of aromatic nitrogens is 1. The molecule has 0 bridgehead atoms. The number of nitrogens with one attached hydrogen (secondary N) is 1. The lowest BCUT2D eigenvalue weighted by atomic mass is 10.1. The smallest absolute Gasteiger partial charge is 0.244 e. The van der Waals surface area contributed by atoms with E-state index in [9.17, 15) is 4.79 Å². The number of hydrogen-bond acceptors (Lipinski definition) is 9. The van der Waals surface area contributed by atoms with E-state index in [4.69, 9.17) is 23.7 Å². The zero-order chi connectivity index (χ0) is 30.3. The molecule has 3 heterocycles. The van der Waals surface area contributed by atoms with Crippen molar-refractivity contribution in [3.8, 4) is 34.5 Å². The molecule has 1 aromatic heterocycles. The van der Waals surface area contributed by atoms with Gasteiger partial charge in [0.1, 0.15) is 5.75 Å². The molecule has 10 nitrogen and oxygen atoms in total. The summed E-state index contributed by atoms with van der Waals surface area (Å²) in [7, 11) is 1.58. The van der Waals surface area contributed by atoms with Crippen LogP contribution in [0.5, 0.6) is 34.5 Å². The van der Waals surface area contributed by atoms with Gasteiger partial charge in [0.25, 0.3) is 0 Å². The molecule has 1 amide bonds. The molecule has 4 aromatic rings. The predicted octanol–water partition coefficient (Wildman–Crippen LogP) is 5.46. The SMILES string of the molecule is COc1cc2c(Oc3ccc(CC(=O)N/N=C/c4ccc5c(c4)OCO5)cc3F)ccnc2cc1OCCCN1CCCC1. The lowest BCUT2D eigenvalue weighted by Gasteiger charge is -2.16. The first-order chi connectivity index (χ1) is 21.6. The van der Waals surface area contributed by atoms with Crippen molar-refractivity contribution in [2.24, 2.45) is 5.10 Å². The molecular formula is C33H33FN4O6. The fourth-order valence-corrected chi connectivity index (χ4v) is 5.22. The summed E-state index contributed by atoms with van der Waals surface area (Å²) in [5.74, 6) is 1.86. The summed E-state index contributed by atoms with van der Waals surface area (Å²) in [6.45, 7) is 4.07. The van der Waals surface area contributed by atoms with Gasteiger partial charge >= 0.3 is 0 Å². The van der Waals surface area contributed by atoms with Crippen LogP contribution in [-0.2, 0) is 11.2 Å². The molecule has 1 N–H and O–H groups in total. The summed E-state index contributed by atoms with van der Waals surface area (Å²) in [5, 5.41) is 4.63. The number of nitrogens with zero attached hydrogens (tertiary/aromatic N) is 3. The first-order valence-corrected chi connectivity index (χ1v) is 14.6. The van der Waals surface area contributed by atoms with E-state index in [2.05, 4.69) is 20.4 Å². The van der Waals surface area contributed by atoms with Gasteiger partial charge in [0.15, 0.2) is 34.6 Å². The summed E-state index contributed by atoms with van der Waals surface area (Å²) in [4.78, 5) is 19.3. The fraction of sp³-hybridized carbons (Fsp3) is 0.303. The molecule has 0 atom stereocenters. The minimum atomic E-state index is -0.603. The van der Waals surface area contributed by atoms with Crippen molar-refractivity contribution in [1.29, 1.82) is 0 Å². The van der Waals surface area contributed by atoms with Crippen LogP contribution >= 0.6 is 0 Å². The number of hydrazone groups is 1. The van der Waals surface area contributed by atoms with Gasteiger partial charge < -0.3 is 28.6 Å². The molecule has 1 fully saturated rings. The fourth-order valence-electron chi connectivity index (χ4n) is 5.22. The molecule has 3 aromatic carbocycles. The number of hydrogen-bond donors (Lipinski definition) is 1. The van der Waals surface area contributed by atoms with Crippen LogP contribution in [-0.4, -0.2) is 62.1 Å². The van der Waals surface area contributed by atoms with Crippen LogP contribution in [0.3, 0.4) is 0 Å². The normalized spacial score (nSPS) is 14.3. The second-order valence-corrected chi connectivity index (χ2v) is 10.5. The maximum absolute atomic E-state index is 15.1. The van der Waals surface area contributed by atoms with Crippen molar-refractivity contribution >= 4 is 23.0 Å². The number of pyridine rings is 1. The first-order valence-electron chi connectivity index (χ1n) is 14.6. The minimum absolute atomic E-state index is 0.0173. The van der Waals surface area contributed by atoms with Gasteiger partial charge in [-0.1, -0.05) is 6.07 Å². The van der Waals surface area contributed by atoms with Crippen LogP contribution in [0.1, 0.15) is 30.4 Å². The zero-order valence-corrected chi connectivity index (χ0v) is 24.4. The van der Waals surface area contributed by atoms with Crippen LogP contribution in [0.2, 0.25) is 0 Å². The highest BCUT2D eigenvalue weighted by molar-refractivity contribution is 5.88. The Labute approximate surface area is 254 Å². The van der Waals surface area contributed by atoms with E-state index in [1.807, 2.05) is 6.07 Å². The van der Waals surface area contributed by atoms with E-state index >= 15 is 4.39 Å². The van der Waals surface area contributed by atoms with Crippen LogP contribution < -0.4 is 29.1 Å². The molecule has 6 rings (SSSR count). The number of amides is 1. The zero-order valence-electron chi connectivity index (χ0n) is 24.4. The average Bonchev–Trinajstić information content (AvgIpc) is 3.72. The van der Waals surface area contributed by atoms with Gasteiger partial charge in [-0.05, 0) is 85.9 Å². The number of likely N-dealkylation sites (tertiary alicyclic amines) is 1. The molecule has 0 aliphatic carbocycles. The monoisotopic (exact) mass is 600 g/mol. The van der Waals surface area contributed by atoms with Crippen molar-refractivity contribution < 1.29 is 32.9 Å². The summed E-state index contributed by atoms with van der Waals surface area (Å²) in [6.07, 6.45) is 6.48. The van der Waals surface area contributed by atoms with Gasteiger partial charge in [-0.15, -0.1) is 0 Å². The van der Waals surface area contributed by atoms with E-state index in [0.717, 1.165) is 31.6 Å². The van der Waals surface area contributed by atoms with Crippen LogP contribution in [0.25, 0.3) is 10.9 Å². The average molecular weight is 601 g/mol. The highest BCUT2D eigenvalue weighted by Crippen LogP contribution is 2.38. The standard InChI is InChI=1S/C33H33FN4O6/c1-40-30-18-24-26(19-32(30)41-14-4-13-38-11-2-3-12-38)35-10-9-27(24)44-28-7-5-22(15-25(28)34)17-33(39)37-36-20-23-6-8-29-31(16-23)43-21-42-29/h5-10,15-16,18-20H,2-4,11-14,17,21H2,1H3,(H,37,39)/b36-20+. The molecule has 2 aliphatic rings. The van der Waals surface area contributed by atoms with E-state index in [0.29, 0.717) is 51.8 Å². The Morgan fingerprint density at radius 3 is 2.73 bits per heavy atom. The van der Waals surface area contributed by atoms with Crippen molar-refractivity contribution in [2.75, 3.05) is 40.1 Å². The van der Waals surface area contributed by atoms with Gasteiger partial charge in [0, 0.05) is 24.2 Å². The van der Waals surface area contributed by atoms with Gasteiger partial charge in [-0.3, -0.25) is 9.78 Å². The highest BCUT2D eigenvalue weighted by Gasteiger charge is 2.16. The molecule has 11 heteroatoms. The minimum Gasteiger partial charge on any atom is -0.493 e. The lowest BCUT2D eigenvalue weighted by Crippen LogP contribution is -2.21. The molecular weight excluding hydrogens is 567 g/mol. The third-order valence-electron chi connectivity index (χ3n) is 7.44. The number of carbonyl (C=O) groups is 1. The highest BCUT2D eigenvalue weighted by atomic mass is 19.1. The molecule has 44 heavy (non-hydrogen) atoms. The van der Waals surface area contributed by atoms with Gasteiger partial charge in [-0.2, -0.15) is 5.10 Å². The van der Waals surface area contributed by atoms with Crippen molar-refractivity contribution in [3.05, 3.63) is 77.7 Å². The van der Waals surface area contributed by atoms with Crippen molar-refractivity contribution in [1.82, 2.24) is 15.3 Å². The van der Waals surface area contributed by atoms with Crippen LogP contribution in [0, 0.1) is 5.82 Å². The topological polar surface area (TPSA) is 104 Å². The molecule has 0 saturated carbocycles. The first kappa shape index (κ1) is 29.2. The van der Waals surface area contributed by atoms with Crippen LogP contribution in [0.4, 0.5) is 4.39 Å². The molecule has 0 spiro atoms. The maximum atomic E-state index is 15.1. The molecule has 2 aliphatic heterocycles. The Morgan fingerprint density at radius 1 is 1.02 bits per heavy atom. The summed E-state index contributed by atoms with van der Waals surface area (Å²) >= 11 is 0. The third-order valence-corrected chi connectivity index (χ3v) is 7.44. The number of methoxy groups -OCH3 is 1. The van der Waals surface area contributed by atoms with Crippen molar-refractivity contribution in [2.45, 2.75) is 25.7 Å². The Balaban J connectivity index is 1.07. The number of benzene rings is 3. The van der Waals surface area contributed by atoms with E-state index < -0.39 is 11.7 Å². The second-order valence-electron chi connectivity index (χ2n) is 10.5. The Bertz CT molecular complexity index is 1670. The molecule has 228 valence electrons. The van der Waals surface area contributed by atoms with Gasteiger partial charge in [-0.25, -0.2) is 9.82 Å². The maximum Gasteiger partial charge on any atom is 0.244 e. The quantitative estimate of drug-likeness (QED) is 0.130.